The minimum absolute atomic E-state index is 0.133. The molecule has 0 aromatic heterocycles. The Morgan fingerprint density at radius 2 is 1.88 bits per heavy atom. The van der Waals surface area contributed by atoms with Gasteiger partial charge in [0, 0.05) is 25.2 Å². The van der Waals surface area contributed by atoms with E-state index in [0.29, 0.717) is 19.6 Å². The van der Waals surface area contributed by atoms with Gasteiger partial charge in [-0.25, -0.2) is 8.42 Å². The van der Waals surface area contributed by atoms with E-state index in [4.69, 9.17) is 16.3 Å². The van der Waals surface area contributed by atoms with Crippen LogP contribution in [0.3, 0.4) is 0 Å². The van der Waals surface area contributed by atoms with Crippen molar-refractivity contribution in [3.63, 3.8) is 0 Å². The Kier molecular flexibility index (Phi) is 8.16. The van der Waals surface area contributed by atoms with E-state index in [2.05, 4.69) is 5.32 Å². The van der Waals surface area contributed by atoms with Crippen LogP contribution in [0.1, 0.15) is 31.7 Å². The predicted octanol–water partition coefficient (Wildman–Crippen LogP) is 3.98. The van der Waals surface area contributed by atoms with Gasteiger partial charge in [0.15, 0.2) is 0 Å². The molecule has 32 heavy (non-hydrogen) atoms. The topological polar surface area (TPSA) is 79.0 Å². The summed E-state index contributed by atoms with van der Waals surface area (Å²) in [5.41, 5.74) is 1.25. The maximum Gasteiger partial charge on any atom is 0.243 e. The first-order chi connectivity index (χ1) is 15.2. The number of halogens is 1. The number of benzene rings is 2. The number of rotatable bonds is 8. The molecule has 0 radical (unpaired) electrons. The van der Waals surface area contributed by atoms with Gasteiger partial charge in [-0.15, -0.1) is 0 Å². The molecule has 3 rings (SSSR count). The summed E-state index contributed by atoms with van der Waals surface area (Å²) in [6, 6.07) is 11.6. The number of nitrogens with zero attached hydrogens (tertiary/aromatic N) is 2. The second-order valence-electron chi connectivity index (χ2n) is 8.00. The number of ether oxygens (including phenoxy) is 1. The number of carbonyl (C=O) groups excluding carboxylic acids is 1. The number of para-hydroxylation sites is 1. The number of anilines is 1. The van der Waals surface area contributed by atoms with Crippen LogP contribution < -0.4 is 10.1 Å². The number of carbonyl (C=O) groups is 1. The SMILES string of the molecule is COc1ccccc1CN(C)C(C)C(=O)Nc1cc(S(=O)(=O)N2CCCCC2)ccc1Cl. The maximum atomic E-state index is 13.0. The third kappa shape index (κ3) is 5.61. The Balaban J connectivity index is 1.73. The minimum Gasteiger partial charge on any atom is -0.496 e. The Morgan fingerprint density at radius 1 is 1.19 bits per heavy atom. The van der Waals surface area contributed by atoms with E-state index >= 15 is 0 Å². The lowest BCUT2D eigenvalue weighted by Crippen LogP contribution is -2.39. The van der Waals surface area contributed by atoms with Crippen molar-refractivity contribution in [3.8, 4) is 5.75 Å². The van der Waals surface area contributed by atoms with Crippen LogP contribution >= 0.6 is 11.6 Å². The van der Waals surface area contributed by atoms with Crippen molar-refractivity contribution in [1.29, 1.82) is 0 Å². The molecule has 1 saturated heterocycles. The molecular weight excluding hydrogens is 450 g/mol. The van der Waals surface area contributed by atoms with Gasteiger partial charge in [-0.2, -0.15) is 4.31 Å². The number of amides is 1. The van der Waals surface area contributed by atoms with Gasteiger partial charge in [0.1, 0.15) is 5.75 Å². The van der Waals surface area contributed by atoms with Gasteiger partial charge < -0.3 is 10.1 Å². The largest absolute Gasteiger partial charge is 0.496 e. The van der Waals surface area contributed by atoms with Crippen molar-refractivity contribution in [2.45, 2.75) is 43.7 Å². The smallest absolute Gasteiger partial charge is 0.243 e. The number of piperidine rings is 1. The summed E-state index contributed by atoms with van der Waals surface area (Å²) in [6.07, 6.45) is 2.74. The van der Waals surface area contributed by atoms with Crippen molar-refractivity contribution in [2.75, 3.05) is 32.6 Å². The van der Waals surface area contributed by atoms with Gasteiger partial charge in [0.2, 0.25) is 15.9 Å². The molecule has 2 aromatic carbocycles. The van der Waals surface area contributed by atoms with Crippen molar-refractivity contribution >= 4 is 33.2 Å². The summed E-state index contributed by atoms with van der Waals surface area (Å²) in [5.74, 6) is 0.474. The van der Waals surface area contributed by atoms with Crippen LogP contribution in [0.15, 0.2) is 47.4 Å². The molecule has 1 N–H and O–H groups in total. The summed E-state index contributed by atoms with van der Waals surface area (Å²) >= 11 is 6.28. The summed E-state index contributed by atoms with van der Waals surface area (Å²) in [7, 11) is -0.167. The number of methoxy groups -OCH3 is 1. The summed E-state index contributed by atoms with van der Waals surface area (Å²) in [6.45, 7) is 3.32. The number of likely N-dealkylation sites (N-methyl/N-ethyl adjacent to an activating group) is 1. The summed E-state index contributed by atoms with van der Waals surface area (Å²) in [4.78, 5) is 14.9. The van der Waals surface area contributed by atoms with Crippen LogP contribution in [-0.2, 0) is 21.4 Å². The molecule has 1 atom stereocenters. The molecule has 0 aliphatic carbocycles. The fourth-order valence-corrected chi connectivity index (χ4v) is 5.40. The third-order valence-electron chi connectivity index (χ3n) is 5.80. The first kappa shape index (κ1) is 24.5. The highest BCUT2D eigenvalue weighted by Crippen LogP contribution is 2.29. The van der Waals surface area contributed by atoms with E-state index < -0.39 is 16.1 Å². The zero-order valence-corrected chi connectivity index (χ0v) is 20.2. The molecular formula is C23H30ClN3O4S. The number of sulfonamides is 1. The highest BCUT2D eigenvalue weighted by molar-refractivity contribution is 7.89. The van der Waals surface area contributed by atoms with Gasteiger partial charge in [-0.3, -0.25) is 9.69 Å². The second kappa shape index (κ2) is 10.7. The fourth-order valence-electron chi connectivity index (χ4n) is 3.69. The zero-order valence-electron chi connectivity index (χ0n) is 18.7. The summed E-state index contributed by atoms with van der Waals surface area (Å²) < 4.78 is 32.9. The highest BCUT2D eigenvalue weighted by Gasteiger charge is 2.27. The van der Waals surface area contributed by atoms with Crippen LogP contribution in [0.2, 0.25) is 5.02 Å². The normalized spacial score (nSPS) is 16.0. The summed E-state index contributed by atoms with van der Waals surface area (Å²) in [5, 5.41) is 3.08. The average molecular weight is 480 g/mol. The van der Waals surface area contributed by atoms with Gasteiger partial charge >= 0.3 is 0 Å². The van der Waals surface area contributed by atoms with E-state index in [1.54, 1.807) is 14.0 Å². The Hall–Kier alpha value is -2.13. The molecule has 1 unspecified atom stereocenters. The molecule has 0 spiro atoms. The molecule has 1 aliphatic rings. The van der Waals surface area contributed by atoms with Crippen LogP contribution in [0.5, 0.6) is 5.75 Å². The van der Waals surface area contributed by atoms with E-state index in [0.717, 1.165) is 30.6 Å². The molecule has 0 bridgehead atoms. The van der Waals surface area contributed by atoms with Crippen LogP contribution in [-0.4, -0.2) is 56.8 Å². The van der Waals surface area contributed by atoms with Crippen LogP contribution in [0, 0.1) is 0 Å². The van der Waals surface area contributed by atoms with Gasteiger partial charge in [-0.05, 0) is 51.1 Å². The Bertz CT molecular complexity index is 1050. The Labute approximate surface area is 195 Å². The Morgan fingerprint density at radius 3 is 2.56 bits per heavy atom. The maximum absolute atomic E-state index is 13.0. The lowest BCUT2D eigenvalue weighted by Gasteiger charge is -2.26. The highest BCUT2D eigenvalue weighted by atomic mass is 35.5. The number of nitrogens with one attached hydrogen (secondary N) is 1. The average Bonchev–Trinajstić information content (AvgIpc) is 2.80. The zero-order chi connectivity index (χ0) is 23.3. The second-order valence-corrected chi connectivity index (χ2v) is 10.3. The first-order valence-corrected chi connectivity index (χ1v) is 12.5. The van der Waals surface area contributed by atoms with Crippen LogP contribution in [0.4, 0.5) is 5.69 Å². The third-order valence-corrected chi connectivity index (χ3v) is 8.03. The van der Waals surface area contributed by atoms with E-state index in [-0.39, 0.29) is 21.5 Å². The molecule has 1 fully saturated rings. The first-order valence-electron chi connectivity index (χ1n) is 10.7. The molecule has 174 valence electrons. The van der Waals surface area contributed by atoms with Crippen molar-refractivity contribution < 1.29 is 17.9 Å². The standard InChI is InChI=1S/C23H30ClN3O4S/c1-17(26(2)16-18-9-5-6-10-22(18)31-3)23(28)25-21-15-19(11-12-20(21)24)32(29,30)27-13-7-4-8-14-27/h5-6,9-12,15,17H,4,7-8,13-14,16H2,1-3H3,(H,25,28). The quantitative estimate of drug-likeness (QED) is 0.619. The van der Waals surface area contributed by atoms with Gasteiger partial charge in [-0.1, -0.05) is 36.2 Å². The lowest BCUT2D eigenvalue weighted by molar-refractivity contribution is -0.120. The lowest BCUT2D eigenvalue weighted by atomic mass is 10.1. The molecule has 2 aromatic rings. The molecule has 0 saturated carbocycles. The molecule has 1 heterocycles. The molecule has 7 nitrogen and oxygen atoms in total. The molecule has 9 heteroatoms. The van der Waals surface area contributed by atoms with E-state index in [1.807, 2.05) is 36.2 Å². The van der Waals surface area contributed by atoms with Crippen molar-refractivity contribution in [2.24, 2.45) is 0 Å². The van der Waals surface area contributed by atoms with Gasteiger partial charge in [0.05, 0.1) is 28.8 Å². The number of hydrogen-bond donors (Lipinski definition) is 1. The van der Waals surface area contributed by atoms with E-state index in [9.17, 15) is 13.2 Å². The van der Waals surface area contributed by atoms with Crippen molar-refractivity contribution in [1.82, 2.24) is 9.21 Å². The molecule has 1 aliphatic heterocycles. The van der Waals surface area contributed by atoms with Crippen LogP contribution in [0.25, 0.3) is 0 Å². The number of hydrogen-bond acceptors (Lipinski definition) is 5. The van der Waals surface area contributed by atoms with E-state index in [1.165, 1.54) is 22.5 Å². The predicted molar refractivity (Wildman–Crippen MR) is 127 cm³/mol. The van der Waals surface area contributed by atoms with Gasteiger partial charge in [0.25, 0.3) is 0 Å². The fraction of sp³-hybridized carbons (Fsp3) is 0.435. The molecule has 1 amide bonds. The minimum atomic E-state index is -3.62. The van der Waals surface area contributed by atoms with Crippen molar-refractivity contribution in [3.05, 3.63) is 53.1 Å². The monoisotopic (exact) mass is 479 g/mol.